The van der Waals surface area contributed by atoms with Crippen LogP contribution in [0.4, 0.5) is 8.78 Å². The van der Waals surface area contributed by atoms with E-state index >= 15 is 0 Å². The van der Waals surface area contributed by atoms with Gasteiger partial charge in [0.25, 0.3) is 0 Å². The maximum absolute atomic E-state index is 12.9. The molecule has 3 nitrogen and oxygen atoms in total. The van der Waals surface area contributed by atoms with Crippen LogP contribution in [0.5, 0.6) is 0 Å². The van der Waals surface area contributed by atoms with Crippen molar-refractivity contribution in [3.8, 4) is 0 Å². The van der Waals surface area contributed by atoms with Gasteiger partial charge in [-0.2, -0.15) is 0 Å². The lowest BCUT2D eigenvalue weighted by molar-refractivity contribution is -0.119. The fourth-order valence-corrected chi connectivity index (χ4v) is 2.18. The average molecular weight is 316 g/mol. The van der Waals surface area contributed by atoms with E-state index in [1.807, 2.05) is 0 Å². The number of benzene rings is 2. The highest BCUT2D eigenvalue weighted by Gasteiger charge is 2.27. The van der Waals surface area contributed by atoms with Crippen molar-refractivity contribution >= 4 is 17.3 Å². The molecule has 2 aromatic rings. The first-order chi connectivity index (χ1) is 10.9. The molecule has 0 aliphatic heterocycles. The minimum atomic E-state index is -1.14. The van der Waals surface area contributed by atoms with Gasteiger partial charge in [0.05, 0.1) is 5.92 Å². The molecule has 118 valence electrons. The lowest BCUT2D eigenvalue weighted by Crippen LogP contribution is -2.25. The third-order valence-electron chi connectivity index (χ3n) is 3.49. The summed E-state index contributed by atoms with van der Waals surface area (Å²) in [5.74, 6) is -3.53. The van der Waals surface area contributed by atoms with Gasteiger partial charge in [0.1, 0.15) is 17.4 Å². The Morgan fingerprint density at radius 2 is 1.26 bits per heavy atom. The number of hydrogen-bond acceptors (Lipinski definition) is 3. The Morgan fingerprint density at radius 1 is 0.826 bits per heavy atom. The predicted molar refractivity (Wildman–Crippen MR) is 80.2 cm³/mol. The second-order valence-corrected chi connectivity index (χ2v) is 5.17. The minimum absolute atomic E-state index is 0.165. The number of Topliss-reactive ketones (excluding diaryl/α,β-unsaturated/α-hetero) is 3. The SMILES string of the molecule is CC(=O)C(CC(=O)c1ccc(F)cc1)C(=O)c1ccc(F)cc1. The van der Waals surface area contributed by atoms with E-state index in [0.29, 0.717) is 0 Å². The third-order valence-corrected chi connectivity index (χ3v) is 3.49. The molecule has 0 aliphatic carbocycles. The predicted octanol–water partition coefficient (Wildman–Crippen LogP) is 3.63. The van der Waals surface area contributed by atoms with Crippen molar-refractivity contribution in [2.75, 3.05) is 0 Å². The van der Waals surface area contributed by atoms with Gasteiger partial charge in [0.2, 0.25) is 0 Å². The van der Waals surface area contributed by atoms with Gasteiger partial charge < -0.3 is 0 Å². The average Bonchev–Trinajstić information content (AvgIpc) is 2.53. The second kappa shape index (κ2) is 7.05. The number of halogens is 2. The Kier molecular flexibility index (Phi) is 5.11. The topological polar surface area (TPSA) is 51.2 Å². The van der Waals surface area contributed by atoms with Gasteiger partial charge in [0, 0.05) is 17.5 Å². The highest BCUT2D eigenvalue weighted by atomic mass is 19.1. The second-order valence-electron chi connectivity index (χ2n) is 5.17. The molecule has 0 N–H and O–H groups in total. The Balaban J connectivity index is 2.20. The molecule has 5 heteroatoms. The first kappa shape index (κ1) is 16.7. The van der Waals surface area contributed by atoms with E-state index in [1.54, 1.807) is 0 Å². The molecule has 1 atom stereocenters. The summed E-state index contributed by atoms with van der Waals surface area (Å²) in [5.41, 5.74) is 0.392. The number of carbonyl (C=O) groups is 3. The molecule has 0 saturated carbocycles. The quantitative estimate of drug-likeness (QED) is 0.604. The lowest BCUT2D eigenvalue weighted by Gasteiger charge is -2.12. The van der Waals surface area contributed by atoms with Crippen LogP contribution in [0.2, 0.25) is 0 Å². The van der Waals surface area contributed by atoms with Gasteiger partial charge in [0.15, 0.2) is 11.6 Å². The van der Waals surface area contributed by atoms with Crippen LogP contribution in [0.1, 0.15) is 34.1 Å². The van der Waals surface area contributed by atoms with Crippen LogP contribution >= 0.6 is 0 Å². The summed E-state index contributed by atoms with van der Waals surface area (Å²) in [7, 11) is 0. The highest BCUT2D eigenvalue weighted by molar-refractivity contribution is 6.13. The van der Waals surface area contributed by atoms with Crippen molar-refractivity contribution in [2.45, 2.75) is 13.3 Å². The molecule has 0 aliphatic rings. The van der Waals surface area contributed by atoms with E-state index in [0.717, 1.165) is 24.3 Å². The van der Waals surface area contributed by atoms with Crippen molar-refractivity contribution in [1.82, 2.24) is 0 Å². The summed E-state index contributed by atoms with van der Waals surface area (Å²) in [5, 5.41) is 0. The van der Waals surface area contributed by atoms with Gasteiger partial charge in [-0.3, -0.25) is 14.4 Å². The molecule has 0 aromatic heterocycles. The van der Waals surface area contributed by atoms with Crippen LogP contribution in [-0.2, 0) is 4.79 Å². The van der Waals surface area contributed by atoms with E-state index in [2.05, 4.69) is 0 Å². The molecule has 0 radical (unpaired) electrons. The van der Waals surface area contributed by atoms with Crippen LogP contribution in [0.25, 0.3) is 0 Å². The normalized spacial score (nSPS) is 11.8. The smallest absolute Gasteiger partial charge is 0.173 e. The van der Waals surface area contributed by atoms with Crippen molar-refractivity contribution in [2.24, 2.45) is 5.92 Å². The molecule has 2 aromatic carbocycles. The lowest BCUT2D eigenvalue weighted by atomic mass is 9.88. The summed E-state index contributed by atoms with van der Waals surface area (Å²) in [6.45, 7) is 1.23. The van der Waals surface area contributed by atoms with Crippen molar-refractivity contribution in [3.63, 3.8) is 0 Å². The number of hydrogen-bond donors (Lipinski definition) is 0. The van der Waals surface area contributed by atoms with Crippen LogP contribution in [0.15, 0.2) is 48.5 Å². The minimum Gasteiger partial charge on any atom is -0.299 e. The van der Waals surface area contributed by atoms with Crippen LogP contribution in [0, 0.1) is 17.6 Å². The molecule has 0 saturated heterocycles. The fourth-order valence-electron chi connectivity index (χ4n) is 2.18. The molecule has 0 amide bonds. The molecule has 23 heavy (non-hydrogen) atoms. The molecule has 0 bridgehead atoms. The summed E-state index contributed by atoms with van der Waals surface area (Å²) in [4.78, 5) is 36.3. The molecule has 0 spiro atoms. The van der Waals surface area contributed by atoms with Crippen molar-refractivity contribution in [1.29, 1.82) is 0 Å². The van der Waals surface area contributed by atoms with Crippen LogP contribution in [-0.4, -0.2) is 17.3 Å². The summed E-state index contributed by atoms with van der Waals surface area (Å²) < 4.78 is 25.8. The molecular formula is C18H14F2O3. The number of ketones is 3. The van der Waals surface area contributed by atoms with E-state index in [1.165, 1.54) is 31.2 Å². The molecule has 0 heterocycles. The third kappa shape index (κ3) is 4.16. The standard InChI is InChI=1S/C18H14F2O3/c1-11(21)16(18(23)13-4-8-15(20)9-5-13)10-17(22)12-2-6-14(19)7-3-12/h2-9,16H,10H2,1H3. The van der Waals surface area contributed by atoms with E-state index in [9.17, 15) is 23.2 Å². The Hall–Kier alpha value is -2.69. The largest absolute Gasteiger partial charge is 0.299 e. The molecule has 0 fully saturated rings. The van der Waals surface area contributed by atoms with Gasteiger partial charge in [-0.15, -0.1) is 0 Å². The van der Waals surface area contributed by atoms with Gasteiger partial charge in [-0.25, -0.2) is 8.78 Å². The maximum atomic E-state index is 12.9. The van der Waals surface area contributed by atoms with E-state index in [-0.39, 0.29) is 17.5 Å². The highest BCUT2D eigenvalue weighted by Crippen LogP contribution is 2.18. The van der Waals surface area contributed by atoms with Crippen LogP contribution in [0.3, 0.4) is 0 Å². The Labute approximate surface area is 131 Å². The van der Waals surface area contributed by atoms with Crippen LogP contribution < -0.4 is 0 Å². The van der Waals surface area contributed by atoms with Crippen molar-refractivity contribution < 1.29 is 23.2 Å². The zero-order valence-corrected chi connectivity index (χ0v) is 12.4. The van der Waals surface area contributed by atoms with E-state index in [4.69, 9.17) is 0 Å². The molecule has 1 unspecified atom stereocenters. The molecular weight excluding hydrogens is 302 g/mol. The van der Waals surface area contributed by atoms with Crippen molar-refractivity contribution in [3.05, 3.63) is 71.3 Å². The monoisotopic (exact) mass is 316 g/mol. The van der Waals surface area contributed by atoms with Gasteiger partial charge in [-0.1, -0.05) is 0 Å². The van der Waals surface area contributed by atoms with Gasteiger partial charge >= 0.3 is 0 Å². The fraction of sp³-hybridized carbons (Fsp3) is 0.167. The zero-order chi connectivity index (χ0) is 17.0. The Bertz CT molecular complexity index is 734. The van der Waals surface area contributed by atoms with Gasteiger partial charge in [-0.05, 0) is 55.5 Å². The summed E-state index contributed by atoms with van der Waals surface area (Å²) in [6, 6.07) is 9.66. The summed E-state index contributed by atoms with van der Waals surface area (Å²) in [6.07, 6.45) is -0.308. The number of rotatable bonds is 6. The molecule has 2 rings (SSSR count). The first-order valence-electron chi connectivity index (χ1n) is 6.97. The Morgan fingerprint density at radius 3 is 1.70 bits per heavy atom. The first-order valence-corrected chi connectivity index (χ1v) is 6.97. The maximum Gasteiger partial charge on any atom is 0.173 e. The number of carbonyl (C=O) groups excluding carboxylic acids is 3. The van der Waals surface area contributed by atoms with E-state index < -0.39 is 34.9 Å². The zero-order valence-electron chi connectivity index (χ0n) is 12.4. The summed E-state index contributed by atoms with van der Waals surface area (Å²) >= 11 is 0.